The number of hydrogen-bond acceptors (Lipinski definition) is 3. The zero-order chi connectivity index (χ0) is 10.9. The van der Waals surface area contributed by atoms with E-state index in [1.165, 1.54) is 6.92 Å². The average molecular weight is 226 g/mol. The summed E-state index contributed by atoms with van der Waals surface area (Å²) < 4.78 is 36.5. The Morgan fingerprint density at radius 1 is 1.43 bits per heavy atom. The van der Waals surface area contributed by atoms with Crippen LogP contribution < -0.4 is 5.73 Å². The van der Waals surface area contributed by atoms with E-state index < -0.39 is 12.2 Å². The number of alkyl halides is 3. The number of aromatic nitrogens is 2. The van der Waals surface area contributed by atoms with E-state index in [9.17, 15) is 13.2 Å². The molecule has 3 nitrogen and oxygen atoms in total. The van der Waals surface area contributed by atoms with Crippen LogP contribution >= 0.6 is 11.6 Å². The fraction of sp³-hybridized carbons (Fsp3) is 0.429. The molecule has 1 heterocycles. The molecule has 0 aliphatic rings. The minimum Gasteiger partial charge on any atom is -0.315 e. The number of halogens is 4. The predicted octanol–water partition coefficient (Wildman–Crippen LogP) is 2.00. The predicted molar refractivity (Wildman–Crippen MR) is 44.8 cm³/mol. The summed E-state index contributed by atoms with van der Waals surface area (Å²) >= 11 is 5.40. The van der Waals surface area contributed by atoms with Gasteiger partial charge in [0.05, 0.1) is 5.69 Å². The van der Waals surface area contributed by atoms with E-state index in [0.717, 1.165) is 6.07 Å². The van der Waals surface area contributed by atoms with E-state index in [1.54, 1.807) is 0 Å². The Bertz CT molecular complexity index is 319. The third-order valence-electron chi connectivity index (χ3n) is 1.52. The lowest BCUT2D eigenvalue weighted by molar-refractivity contribution is -0.150. The summed E-state index contributed by atoms with van der Waals surface area (Å²) in [5.74, 6) is 0. The van der Waals surface area contributed by atoms with Crippen molar-refractivity contribution in [3.8, 4) is 0 Å². The lowest BCUT2D eigenvalue weighted by atomic mass is 10.2. The summed E-state index contributed by atoms with van der Waals surface area (Å²) in [6.07, 6.45) is -4.52. The Kier molecular flexibility index (Phi) is 2.96. The first-order valence-electron chi connectivity index (χ1n) is 3.64. The van der Waals surface area contributed by atoms with E-state index in [1.807, 2.05) is 0 Å². The third kappa shape index (κ3) is 2.55. The second-order valence-electron chi connectivity index (χ2n) is 2.72. The van der Waals surface area contributed by atoms with Crippen LogP contribution in [-0.4, -0.2) is 16.1 Å². The minimum absolute atomic E-state index is 0.236. The molecule has 0 aliphatic heterocycles. The Balaban J connectivity index is 3.07. The maximum Gasteiger partial charge on any atom is 0.409 e. The zero-order valence-corrected chi connectivity index (χ0v) is 7.89. The second-order valence-corrected chi connectivity index (χ2v) is 3.06. The minimum atomic E-state index is -4.52. The van der Waals surface area contributed by atoms with Gasteiger partial charge in [-0.3, -0.25) is 0 Å². The zero-order valence-electron chi connectivity index (χ0n) is 7.14. The molecule has 0 amide bonds. The van der Waals surface area contributed by atoms with Crippen molar-refractivity contribution >= 4 is 11.6 Å². The molecule has 0 spiro atoms. The summed E-state index contributed by atoms with van der Waals surface area (Å²) in [4.78, 5) is 7.04. The smallest absolute Gasteiger partial charge is 0.315 e. The molecule has 0 bridgehead atoms. The Morgan fingerprint density at radius 2 is 2.00 bits per heavy atom. The van der Waals surface area contributed by atoms with E-state index in [4.69, 9.17) is 17.3 Å². The van der Waals surface area contributed by atoms with Crippen LogP contribution in [0.2, 0.25) is 5.28 Å². The SMILES string of the molecule is Cc1cc(C(N)C(F)(F)F)nc(Cl)n1. The molecular formula is C7H7ClF3N3. The van der Waals surface area contributed by atoms with Crippen molar-refractivity contribution in [1.29, 1.82) is 0 Å². The molecule has 1 aromatic heterocycles. The molecule has 1 unspecified atom stereocenters. The molecule has 0 fully saturated rings. The molecule has 0 aliphatic carbocycles. The molecule has 0 saturated heterocycles. The number of nitrogens with two attached hydrogens (primary N) is 1. The van der Waals surface area contributed by atoms with Crippen molar-refractivity contribution in [3.63, 3.8) is 0 Å². The van der Waals surface area contributed by atoms with Gasteiger partial charge in [0.1, 0.15) is 6.04 Å². The summed E-state index contributed by atoms with van der Waals surface area (Å²) in [5.41, 5.74) is 4.96. The quantitative estimate of drug-likeness (QED) is 0.744. The van der Waals surface area contributed by atoms with E-state index in [2.05, 4.69) is 9.97 Å². The monoisotopic (exact) mass is 225 g/mol. The normalized spacial score (nSPS) is 14.1. The van der Waals surface area contributed by atoms with Gasteiger partial charge in [0.25, 0.3) is 0 Å². The molecular weight excluding hydrogens is 219 g/mol. The van der Waals surface area contributed by atoms with Crippen LogP contribution in [0.15, 0.2) is 6.07 Å². The first-order chi connectivity index (χ1) is 6.30. The lowest BCUT2D eigenvalue weighted by Gasteiger charge is -2.14. The first kappa shape index (κ1) is 11.2. The van der Waals surface area contributed by atoms with Gasteiger partial charge in [-0.1, -0.05) is 0 Å². The van der Waals surface area contributed by atoms with Gasteiger partial charge in [0.2, 0.25) is 5.28 Å². The number of aryl methyl sites for hydroxylation is 1. The van der Waals surface area contributed by atoms with Crippen molar-refractivity contribution in [1.82, 2.24) is 9.97 Å². The van der Waals surface area contributed by atoms with Gasteiger partial charge in [0, 0.05) is 5.69 Å². The summed E-state index contributed by atoms with van der Waals surface area (Å²) in [5, 5.41) is -0.236. The van der Waals surface area contributed by atoms with Crippen LogP contribution in [0.1, 0.15) is 17.4 Å². The van der Waals surface area contributed by atoms with Crippen LogP contribution in [0, 0.1) is 6.92 Å². The molecule has 0 radical (unpaired) electrons. The number of hydrogen-bond donors (Lipinski definition) is 1. The molecule has 1 aromatic rings. The Labute approximate surface area is 83.1 Å². The fourth-order valence-electron chi connectivity index (χ4n) is 0.883. The lowest BCUT2D eigenvalue weighted by Crippen LogP contribution is -2.29. The van der Waals surface area contributed by atoms with Crippen LogP contribution in [-0.2, 0) is 0 Å². The maximum atomic E-state index is 12.2. The Hall–Kier alpha value is -0.880. The van der Waals surface area contributed by atoms with E-state index in [0.29, 0.717) is 5.69 Å². The third-order valence-corrected chi connectivity index (χ3v) is 1.69. The van der Waals surface area contributed by atoms with Crippen molar-refractivity contribution in [2.24, 2.45) is 5.73 Å². The molecule has 78 valence electrons. The Morgan fingerprint density at radius 3 is 2.43 bits per heavy atom. The van der Waals surface area contributed by atoms with E-state index >= 15 is 0 Å². The molecule has 1 rings (SSSR count). The van der Waals surface area contributed by atoms with Crippen LogP contribution in [0.4, 0.5) is 13.2 Å². The van der Waals surface area contributed by atoms with Gasteiger partial charge in [-0.15, -0.1) is 0 Å². The second kappa shape index (κ2) is 3.70. The summed E-state index contributed by atoms with van der Waals surface area (Å²) in [7, 11) is 0. The van der Waals surface area contributed by atoms with Gasteiger partial charge < -0.3 is 5.73 Å². The maximum absolute atomic E-state index is 12.2. The standard InChI is InChI=1S/C7H7ClF3N3/c1-3-2-4(14-6(8)13-3)5(12)7(9,10)11/h2,5H,12H2,1H3. The number of nitrogens with zero attached hydrogens (tertiary/aromatic N) is 2. The van der Waals surface area contributed by atoms with Crippen molar-refractivity contribution in [2.75, 3.05) is 0 Å². The van der Waals surface area contributed by atoms with Crippen molar-refractivity contribution in [3.05, 3.63) is 22.7 Å². The van der Waals surface area contributed by atoms with E-state index in [-0.39, 0.29) is 11.0 Å². The molecule has 0 aromatic carbocycles. The van der Waals surface area contributed by atoms with Gasteiger partial charge in [-0.2, -0.15) is 13.2 Å². The van der Waals surface area contributed by atoms with Crippen LogP contribution in [0.3, 0.4) is 0 Å². The van der Waals surface area contributed by atoms with Gasteiger partial charge in [-0.05, 0) is 24.6 Å². The molecule has 14 heavy (non-hydrogen) atoms. The van der Waals surface area contributed by atoms with Gasteiger partial charge in [0.15, 0.2) is 0 Å². The van der Waals surface area contributed by atoms with Crippen molar-refractivity contribution in [2.45, 2.75) is 19.1 Å². The largest absolute Gasteiger partial charge is 0.409 e. The highest BCUT2D eigenvalue weighted by Crippen LogP contribution is 2.29. The molecule has 1 atom stereocenters. The highest BCUT2D eigenvalue weighted by Gasteiger charge is 2.39. The number of rotatable bonds is 1. The first-order valence-corrected chi connectivity index (χ1v) is 4.02. The van der Waals surface area contributed by atoms with Crippen molar-refractivity contribution < 1.29 is 13.2 Å². The summed E-state index contributed by atoms with van der Waals surface area (Å²) in [6, 6.07) is -0.967. The summed E-state index contributed by atoms with van der Waals surface area (Å²) in [6.45, 7) is 1.51. The fourth-order valence-corrected chi connectivity index (χ4v) is 1.11. The molecule has 2 N–H and O–H groups in total. The van der Waals surface area contributed by atoms with Gasteiger partial charge >= 0.3 is 6.18 Å². The molecule has 0 saturated carbocycles. The topological polar surface area (TPSA) is 51.8 Å². The highest BCUT2D eigenvalue weighted by atomic mass is 35.5. The highest BCUT2D eigenvalue weighted by molar-refractivity contribution is 6.28. The molecule has 7 heteroatoms. The van der Waals surface area contributed by atoms with Gasteiger partial charge in [-0.25, -0.2) is 9.97 Å². The van der Waals surface area contributed by atoms with Crippen LogP contribution in [0.5, 0.6) is 0 Å². The average Bonchev–Trinajstić information content (AvgIpc) is 1.99. The van der Waals surface area contributed by atoms with Crippen LogP contribution in [0.25, 0.3) is 0 Å².